The predicted octanol–water partition coefficient (Wildman–Crippen LogP) is 3.65. The number of hydrogen-bond donors (Lipinski definition) is 1. The van der Waals surface area contributed by atoms with Gasteiger partial charge in [-0.2, -0.15) is 0 Å². The molecule has 1 heterocycles. The minimum Gasteiger partial charge on any atom is -0.345 e. The first-order valence-corrected chi connectivity index (χ1v) is 9.99. The number of imide groups is 1. The summed E-state index contributed by atoms with van der Waals surface area (Å²) in [5.74, 6) is -0.432. The van der Waals surface area contributed by atoms with Crippen LogP contribution in [0.2, 0.25) is 0 Å². The van der Waals surface area contributed by atoms with E-state index in [1.165, 1.54) is 9.80 Å². The van der Waals surface area contributed by atoms with Crippen LogP contribution >= 0.6 is 0 Å². The zero-order valence-corrected chi connectivity index (χ0v) is 18.4. The van der Waals surface area contributed by atoms with E-state index in [0.29, 0.717) is 5.56 Å². The van der Waals surface area contributed by atoms with Crippen molar-refractivity contribution in [2.75, 3.05) is 14.1 Å². The molecule has 0 bridgehead atoms. The van der Waals surface area contributed by atoms with Gasteiger partial charge in [-0.05, 0) is 41.2 Å². The molecule has 0 radical (unpaired) electrons. The van der Waals surface area contributed by atoms with E-state index in [0.717, 1.165) is 16.7 Å². The monoisotopic (exact) mass is 407 g/mol. The Morgan fingerprint density at radius 2 is 1.70 bits per heavy atom. The molecule has 1 atom stereocenters. The molecule has 2 aromatic rings. The fraction of sp³-hybridized carbons (Fsp3) is 0.375. The molecule has 30 heavy (non-hydrogen) atoms. The number of rotatable bonds is 4. The van der Waals surface area contributed by atoms with Crippen molar-refractivity contribution in [3.8, 4) is 0 Å². The molecule has 6 heteroatoms. The van der Waals surface area contributed by atoms with E-state index in [1.54, 1.807) is 45.3 Å². The molecule has 1 N–H and O–H groups in total. The number of urea groups is 1. The lowest BCUT2D eigenvalue weighted by Crippen LogP contribution is -2.40. The predicted molar refractivity (Wildman–Crippen MR) is 116 cm³/mol. The van der Waals surface area contributed by atoms with Gasteiger partial charge in [-0.1, -0.05) is 57.2 Å². The SMILES string of the molecule is CN(C)C(=O)c1cccc(CN2C(=O)NC(C)(c3ccc(C(C)(C)C)cc3)C2=O)c1. The summed E-state index contributed by atoms with van der Waals surface area (Å²) < 4.78 is 0. The van der Waals surface area contributed by atoms with Gasteiger partial charge in [0.25, 0.3) is 11.8 Å². The lowest BCUT2D eigenvalue weighted by atomic mass is 9.84. The molecule has 1 fully saturated rings. The Labute approximate surface area is 177 Å². The second-order valence-corrected chi connectivity index (χ2v) is 9.17. The summed E-state index contributed by atoms with van der Waals surface area (Å²) >= 11 is 0. The average Bonchev–Trinajstić information content (AvgIpc) is 2.91. The molecular weight excluding hydrogens is 378 g/mol. The van der Waals surface area contributed by atoms with Gasteiger partial charge in [-0.25, -0.2) is 4.79 Å². The van der Waals surface area contributed by atoms with E-state index in [9.17, 15) is 14.4 Å². The van der Waals surface area contributed by atoms with Crippen molar-refractivity contribution in [3.05, 3.63) is 70.8 Å². The molecule has 4 amide bonds. The molecule has 0 saturated carbocycles. The molecule has 6 nitrogen and oxygen atoms in total. The van der Waals surface area contributed by atoms with Gasteiger partial charge in [0.05, 0.1) is 6.54 Å². The van der Waals surface area contributed by atoms with Crippen LogP contribution in [-0.4, -0.2) is 41.7 Å². The quantitative estimate of drug-likeness (QED) is 0.787. The zero-order valence-electron chi connectivity index (χ0n) is 18.4. The highest BCUT2D eigenvalue weighted by atomic mass is 16.2. The molecular formula is C24H29N3O3. The molecule has 1 aliphatic rings. The molecule has 0 spiro atoms. The van der Waals surface area contributed by atoms with Crippen molar-refractivity contribution in [1.29, 1.82) is 0 Å². The van der Waals surface area contributed by atoms with Crippen LogP contribution in [0.25, 0.3) is 0 Å². The largest absolute Gasteiger partial charge is 0.345 e. The van der Waals surface area contributed by atoms with E-state index in [2.05, 4.69) is 26.1 Å². The summed E-state index contributed by atoms with van der Waals surface area (Å²) in [6.07, 6.45) is 0. The maximum absolute atomic E-state index is 13.2. The summed E-state index contributed by atoms with van der Waals surface area (Å²) in [6, 6.07) is 14.4. The third-order valence-electron chi connectivity index (χ3n) is 5.52. The normalized spacial score (nSPS) is 19.1. The first-order valence-electron chi connectivity index (χ1n) is 9.99. The lowest BCUT2D eigenvalue weighted by molar-refractivity contribution is -0.131. The lowest BCUT2D eigenvalue weighted by Gasteiger charge is -2.24. The molecule has 0 aliphatic carbocycles. The highest BCUT2D eigenvalue weighted by Gasteiger charge is 2.48. The second-order valence-electron chi connectivity index (χ2n) is 9.17. The smallest absolute Gasteiger partial charge is 0.325 e. The van der Waals surface area contributed by atoms with E-state index in [1.807, 2.05) is 24.3 Å². The topological polar surface area (TPSA) is 69.7 Å². The first kappa shape index (κ1) is 21.6. The van der Waals surface area contributed by atoms with Crippen LogP contribution in [0.5, 0.6) is 0 Å². The van der Waals surface area contributed by atoms with Crippen molar-refractivity contribution in [2.24, 2.45) is 0 Å². The average molecular weight is 408 g/mol. The minimum atomic E-state index is -1.12. The molecule has 158 valence electrons. The van der Waals surface area contributed by atoms with Crippen LogP contribution in [0.4, 0.5) is 4.79 Å². The highest BCUT2D eigenvalue weighted by molar-refractivity contribution is 6.07. The summed E-state index contributed by atoms with van der Waals surface area (Å²) in [4.78, 5) is 40.8. The van der Waals surface area contributed by atoms with Gasteiger partial charge in [0.1, 0.15) is 5.54 Å². The van der Waals surface area contributed by atoms with E-state index in [4.69, 9.17) is 0 Å². The number of benzene rings is 2. The third kappa shape index (κ3) is 3.95. The van der Waals surface area contributed by atoms with Crippen LogP contribution in [0.1, 0.15) is 54.7 Å². The number of carbonyl (C=O) groups is 3. The van der Waals surface area contributed by atoms with Gasteiger partial charge in [0.15, 0.2) is 0 Å². The molecule has 2 aromatic carbocycles. The van der Waals surface area contributed by atoms with Crippen molar-refractivity contribution in [2.45, 2.75) is 45.2 Å². The zero-order chi connectivity index (χ0) is 22.3. The van der Waals surface area contributed by atoms with Gasteiger partial charge >= 0.3 is 6.03 Å². The van der Waals surface area contributed by atoms with Crippen LogP contribution in [0, 0.1) is 0 Å². The minimum absolute atomic E-state index is 0.00338. The Kier molecular flexibility index (Phi) is 5.46. The number of nitrogens with zero attached hydrogens (tertiary/aromatic N) is 2. The number of nitrogens with one attached hydrogen (secondary N) is 1. The maximum Gasteiger partial charge on any atom is 0.325 e. The Morgan fingerprint density at radius 3 is 2.27 bits per heavy atom. The van der Waals surface area contributed by atoms with Gasteiger partial charge in [-0.3, -0.25) is 14.5 Å². The summed E-state index contributed by atoms with van der Waals surface area (Å²) in [7, 11) is 3.37. The highest BCUT2D eigenvalue weighted by Crippen LogP contribution is 2.32. The van der Waals surface area contributed by atoms with Crippen LogP contribution in [0.3, 0.4) is 0 Å². The van der Waals surface area contributed by atoms with Crippen molar-refractivity contribution < 1.29 is 14.4 Å². The van der Waals surface area contributed by atoms with Crippen molar-refractivity contribution >= 4 is 17.8 Å². The molecule has 1 aliphatic heterocycles. The molecule has 0 aromatic heterocycles. The number of hydrogen-bond acceptors (Lipinski definition) is 3. The summed E-state index contributed by atoms with van der Waals surface area (Å²) in [6.45, 7) is 8.22. The summed E-state index contributed by atoms with van der Waals surface area (Å²) in [5.41, 5.74) is 2.02. The first-order chi connectivity index (χ1) is 13.9. The standard InChI is InChI=1S/C24H29N3O3/c1-23(2,3)18-10-12-19(13-11-18)24(4)21(29)27(22(30)25-24)15-16-8-7-9-17(14-16)20(28)26(5)6/h7-14H,15H2,1-6H3,(H,25,30). The van der Waals surface area contributed by atoms with Crippen LogP contribution < -0.4 is 5.32 Å². The molecule has 1 unspecified atom stereocenters. The number of amides is 4. The van der Waals surface area contributed by atoms with Crippen molar-refractivity contribution in [3.63, 3.8) is 0 Å². The fourth-order valence-electron chi connectivity index (χ4n) is 3.58. The Hall–Kier alpha value is -3.15. The van der Waals surface area contributed by atoms with Gasteiger partial charge in [0.2, 0.25) is 0 Å². The molecule has 3 rings (SSSR count). The van der Waals surface area contributed by atoms with Crippen LogP contribution in [-0.2, 0) is 22.3 Å². The number of carbonyl (C=O) groups excluding carboxylic acids is 3. The fourth-order valence-corrected chi connectivity index (χ4v) is 3.58. The van der Waals surface area contributed by atoms with E-state index < -0.39 is 11.6 Å². The van der Waals surface area contributed by atoms with Gasteiger partial charge in [-0.15, -0.1) is 0 Å². The van der Waals surface area contributed by atoms with Crippen molar-refractivity contribution in [1.82, 2.24) is 15.1 Å². The maximum atomic E-state index is 13.2. The summed E-state index contributed by atoms with van der Waals surface area (Å²) in [5, 5.41) is 2.84. The second kappa shape index (κ2) is 7.59. The third-order valence-corrected chi connectivity index (χ3v) is 5.52. The van der Waals surface area contributed by atoms with E-state index >= 15 is 0 Å². The van der Waals surface area contributed by atoms with Gasteiger partial charge < -0.3 is 10.2 Å². The Bertz CT molecular complexity index is 990. The Balaban J connectivity index is 1.84. The van der Waals surface area contributed by atoms with Gasteiger partial charge in [0, 0.05) is 19.7 Å². The molecule has 1 saturated heterocycles. The van der Waals surface area contributed by atoms with Crippen LogP contribution in [0.15, 0.2) is 48.5 Å². The van der Waals surface area contributed by atoms with E-state index in [-0.39, 0.29) is 23.8 Å². The Morgan fingerprint density at radius 1 is 1.07 bits per heavy atom.